The summed E-state index contributed by atoms with van der Waals surface area (Å²) in [5.74, 6) is -3.00. The topological polar surface area (TPSA) is 109 Å². The number of Topliss-reactive ketones (excluding diaryl/α,β-unsaturated/α-hetero) is 4. The van der Waals surface area contributed by atoms with Crippen LogP contribution in [0.2, 0.25) is 0 Å². The van der Waals surface area contributed by atoms with Gasteiger partial charge in [0.25, 0.3) is 11.8 Å². The number of carbonyl (C=O) groups excluding carboxylic acids is 6. The Bertz CT molecular complexity index is 860. The van der Waals surface area contributed by atoms with Crippen molar-refractivity contribution >= 4 is 34.9 Å². The minimum Gasteiger partial charge on any atom is -0.337 e. The zero-order chi connectivity index (χ0) is 23.7. The van der Waals surface area contributed by atoms with Crippen LogP contribution < -0.4 is 0 Å². The molecule has 8 heteroatoms. The fourth-order valence-corrected chi connectivity index (χ4v) is 4.71. The highest BCUT2D eigenvalue weighted by Gasteiger charge is 2.41. The van der Waals surface area contributed by atoms with E-state index in [0.717, 1.165) is 0 Å². The maximum absolute atomic E-state index is 12.9. The Hall–Kier alpha value is -3.16. The van der Waals surface area contributed by atoms with Gasteiger partial charge in [-0.05, 0) is 52.0 Å². The van der Waals surface area contributed by atoms with E-state index < -0.39 is 23.7 Å². The Morgan fingerprint density at radius 2 is 0.750 bits per heavy atom. The van der Waals surface area contributed by atoms with Gasteiger partial charge in [-0.25, -0.2) is 0 Å². The fourth-order valence-electron chi connectivity index (χ4n) is 4.71. The van der Waals surface area contributed by atoms with Crippen LogP contribution in [0.5, 0.6) is 0 Å². The standard InChI is InChI=1S/C24H28N2O6/c1-13(27)19-9-25(10-20(19)14(2)28)23(31)17-5-7-18(8-6-17)24(32)26-11-21(15(3)29)22(12-26)16(4)30/h5-8,19-22H,9-12H2,1-4H3/t19-,20-,21-,22-/m0/s1. The first-order chi connectivity index (χ1) is 15.0. The maximum Gasteiger partial charge on any atom is 0.253 e. The van der Waals surface area contributed by atoms with Gasteiger partial charge in [0.1, 0.15) is 23.1 Å². The van der Waals surface area contributed by atoms with E-state index in [9.17, 15) is 28.8 Å². The van der Waals surface area contributed by atoms with Crippen molar-refractivity contribution in [1.82, 2.24) is 9.80 Å². The summed E-state index contributed by atoms with van der Waals surface area (Å²) in [4.78, 5) is 76.3. The molecular weight excluding hydrogens is 412 g/mol. The largest absolute Gasteiger partial charge is 0.337 e. The molecule has 3 rings (SSSR count). The van der Waals surface area contributed by atoms with Crippen LogP contribution in [-0.4, -0.2) is 70.9 Å². The first-order valence-electron chi connectivity index (χ1n) is 10.7. The molecule has 0 N–H and O–H groups in total. The molecule has 2 fully saturated rings. The Morgan fingerprint density at radius 3 is 0.938 bits per heavy atom. The second-order valence-corrected chi connectivity index (χ2v) is 8.87. The lowest BCUT2D eigenvalue weighted by Gasteiger charge is -2.18. The Kier molecular flexibility index (Phi) is 6.71. The minimum absolute atomic E-state index is 0.111. The molecule has 0 aromatic heterocycles. The highest BCUT2D eigenvalue weighted by atomic mass is 16.2. The molecule has 170 valence electrons. The van der Waals surface area contributed by atoms with Crippen molar-refractivity contribution in [3.8, 4) is 0 Å². The van der Waals surface area contributed by atoms with Crippen LogP contribution in [0.3, 0.4) is 0 Å². The summed E-state index contributed by atoms with van der Waals surface area (Å²) in [6.07, 6.45) is 0. The summed E-state index contributed by atoms with van der Waals surface area (Å²) in [5, 5.41) is 0. The zero-order valence-corrected chi connectivity index (χ0v) is 18.8. The Labute approximate surface area is 186 Å². The Morgan fingerprint density at radius 1 is 0.531 bits per heavy atom. The summed E-state index contributed by atoms with van der Waals surface area (Å²) in [6.45, 7) is 6.53. The van der Waals surface area contributed by atoms with Crippen molar-refractivity contribution in [3.63, 3.8) is 0 Å². The van der Waals surface area contributed by atoms with E-state index >= 15 is 0 Å². The molecule has 0 radical (unpaired) electrons. The van der Waals surface area contributed by atoms with Gasteiger partial charge in [-0.15, -0.1) is 0 Å². The van der Waals surface area contributed by atoms with E-state index in [1.54, 1.807) is 24.3 Å². The molecule has 0 spiro atoms. The number of ketones is 4. The fraction of sp³-hybridized carbons (Fsp3) is 0.500. The highest BCUT2D eigenvalue weighted by Crippen LogP contribution is 2.28. The van der Waals surface area contributed by atoms with E-state index in [1.807, 2.05) is 0 Å². The number of rotatable bonds is 6. The SMILES string of the molecule is CC(=O)[C@@H]1CN(C(=O)c2ccc(C(=O)N3C[C@@H](C(C)=O)[C@H](C(C)=O)C3)cc2)C[C@H]1C(C)=O. The average molecular weight is 440 g/mol. The van der Waals surface area contributed by atoms with Crippen LogP contribution in [0.1, 0.15) is 48.4 Å². The van der Waals surface area contributed by atoms with E-state index in [4.69, 9.17) is 0 Å². The highest BCUT2D eigenvalue weighted by molar-refractivity contribution is 6.00. The van der Waals surface area contributed by atoms with E-state index in [1.165, 1.54) is 37.5 Å². The molecular formula is C24H28N2O6. The van der Waals surface area contributed by atoms with Crippen LogP contribution in [0.15, 0.2) is 24.3 Å². The van der Waals surface area contributed by atoms with Gasteiger partial charge in [-0.3, -0.25) is 28.8 Å². The van der Waals surface area contributed by atoms with Crippen molar-refractivity contribution in [2.45, 2.75) is 27.7 Å². The van der Waals surface area contributed by atoms with Crippen molar-refractivity contribution in [3.05, 3.63) is 35.4 Å². The lowest BCUT2D eigenvalue weighted by Crippen LogP contribution is -2.31. The van der Waals surface area contributed by atoms with E-state index in [-0.39, 0.29) is 61.1 Å². The lowest BCUT2D eigenvalue weighted by atomic mass is 9.90. The predicted octanol–water partition coefficient (Wildman–Crippen LogP) is 1.42. The second kappa shape index (κ2) is 9.14. The summed E-state index contributed by atoms with van der Waals surface area (Å²) in [5.41, 5.74) is 0.718. The van der Waals surface area contributed by atoms with Crippen molar-refractivity contribution < 1.29 is 28.8 Å². The van der Waals surface area contributed by atoms with Crippen LogP contribution in [0.25, 0.3) is 0 Å². The smallest absolute Gasteiger partial charge is 0.253 e. The third-order valence-electron chi connectivity index (χ3n) is 6.68. The van der Waals surface area contributed by atoms with Gasteiger partial charge in [0.05, 0.1) is 0 Å². The minimum atomic E-state index is -0.490. The van der Waals surface area contributed by atoms with Crippen molar-refractivity contribution in [1.29, 1.82) is 0 Å². The number of carbonyl (C=O) groups is 6. The van der Waals surface area contributed by atoms with Gasteiger partial charge in [0, 0.05) is 61.0 Å². The molecule has 0 unspecified atom stereocenters. The number of benzene rings is 1. The molecule has 2 aliphatic rings. The average Bonchev–Trinajstić information content (AvgIpc) is 3.38. The van der Waals surface area contributed by atoms with Gasteiger partial charge in [-0.1, -0.05) is 0 Å². The maximum atomic E-state index is 12.9. The molecule has 1 aromatic carbocycles. The lowest BCUT2D eigenvalue weighted by molar-refractivity contribution is -0.128. The summed E-state index contributed by atoms with van der Waals surface area (Å²) in [7, 11) is 0. The van der Waals surface area contributed by atoms with Gasteiger partial charge in [0.15, 0.2) is 0 Å². The molecule has 2 amide bonds. The normalized spacial score (nSPS) is 25.0. The number of likely N-dealkylation sites (tertiary alicyclic amines) is 2. The Balaban J connectivity index is 1.71. The van der Waals surface area contributed by atoms with Gasteiger partial charge in [0.2, 0.25) is 0 Å². The number of hydrogen-bond donors (Lipinski definition) is 0. The van der Waals surface area contributed by atoms with Gasteiger partial charge in [-0.2, -0.15) is 0 Å². The van der Waals surface area contributed by atoms with Crippen LogP contribution in [-0.2, 0) is 19.2 Å². The zero-order valence-electron chi connectivity index (χ0n) is 18.8. The molecule has 0 bridgehead atoms. The summed E-state index contributed by atoms with van der Waals surface area (Å²) in [6, 6.07) is 6.17. The summed E-state index contributed by atoms with van der Waals surface area (Å²) >= 11 is 0. The third kappa shape index (κ3) is 4.54. The monoisotopic (exact) mass is 440 g/mol. The second-order valence-electron chi connectivity index (χ2n) is 8.87. The van der Waals surface area contributed by atoms with Crippen LogP contribution in [0.4, 0.5) is 0 Å². The molecule has 4 atom stereocenters. The molecule has 1 aromatic rings. The number of nitrogens with zero attached hydrogens (tertiary/aromatic N) is 2. The number of amides is 2. The number of hydrogen-bond acceptors (Lipinski definition) is 6. The molecule has 0 saturated carbocycles. The first-order valence-corrected chi connectivity index (χ1v) is 10.7. The molecule has 2 saturated heterocycles. The predicted molar refractivity (Wildman–Crippen MR) is 115 cm³/mol. The molecule has 8 nitrogen and oxygen atoms in total. The molecule has 2 heterocycles. The van der Waals surface area contributed by atoms with Gasteiger partial charge >= 0.3 is 0 Å². The molecule has 2 aliphatic heterocycles. The first kappa shape index (κ1) is 23.5. The van der Waals surface area contributed by atoms with E-state index in [2.05, 4.69) is 0 Å². The van der Waals surface area contributed by atoms with Crippen molar-refractivity contribution in [2.24, 2.45) is 23.7 Å². The summed E-state index contributed by atoms with van der Waals surface area (Å²) < 4.78 is 0. The van der Waals surface area contributed by atoms with Crippen molar-refractivity contribution in [2.75, 3.05) is 26.2 Å². The van der Waals surface area contributed by atoms with E-state index in [0.29, 0.717) is 11.1 Å². The third-order valence-corrected chi connectivity index (χ3v) is 6.68. The van der Waals surface area contributed by atoms with Crippen LogP contribution >= 0.6 is 0 Å². The van der Waals surface area contributed by atoms with Gasteiger partial charge < -0.3 is 9.80 Å². The molecule has 0 aliphatic carbocycles. The quantitative estimate of drug-likeness (QED) is 0.662. The molecule has 32 heavy (non-hydrogen) atoms. The van der Waals surface area contributed by atoms with Crippen LogP contribution in [0, 0.1) is 23.7 Å².